The average molecular weight is 347 g/mol. The zero-order valence-electron chi connectivity index (χ0n) is 14.2. The summed E-state index contributed by atoms with van der Waals surface area (Å²) in [6.07, 6.45) is 3.87. The van der Waals surface area contributed by atoms with Gasteiger partial charge >= 0.3 is 5.97 Å². The quantitative estimate of drug-likeness (QED) is 0.848. The molecule has 3 unspecified atom stereocenters. The van der Waals surface area contributed by atoms with Crippen LogP contribution in [0.1, 0.15) is 39.0 Å². The largest absolute Gasteiger partial charge is 0.458 e. The molecule has 3 atom stereocenters. The highest BCUT2D eigenvalue weighted by Gasteiger charge is 2.36. The number of benzene rings is 1. The number of ether oxygens (including phenoxy) is 1. The zero-order chi connectivity index (χ0) is 18.0. The minimum absolute atomic E-state index is 0.0911. The van der Waals surface area contributed by atoms with E-state index in [2.05, 4.69) is 12.0 Å². The molecule has 1 aromatic carbocycles. The van der Waals surface area contributed by atoms with Gasteiger partial charge in [-0.25, -0.2) is 9.18 Å². The minimum atomic E-state index is -0.779. The molecule has 0 radical (unpaired) electrons. The van der Waals surface area contributed by atoms with Gasteiger partial charge < -0.3 is 10.5 Å². The Kier molecular flexibility index (Phi) is 5.01. The standard InChI is InChI=1S/C18H22FN3O3/c1-11-3-2-4-14(9-11)25-18(24)15-10-16(17(20)23)22(21-15)13-7-5-12(19)6-8-13/h5-8,11,14,16H,2-4,9-10H2,1H3,(H2,20,23). The van der Waals surface area contributed by atoms with Crippen molar-refractivity contribution < 1.29 is 18.7 Å². The van der Waals surface area contributed by atoms with E-state index in [0.717, 1.165) is 25.7 Å². The van der Waals surface area contributed by atoms with Crippen LogP contribution < -0.4 is 10.7 Å². The van der Waals surface area contributed by atoms with Crippen LogP contribution >= 0.6 is 0 Å². The molecule has 1 aliphatic heterocycles. The SMILES string of the molecule is CC1CCCC(OC(=O)C2=NN(c3ccc(F)cc3)C(C(N)=O)C2)C1. The molecule has 2 aliphatic rings. The summed E-state index contributed by atoms with van der Waals surface area (Å²) >= 11 is 0. The summed E-state index contributed by atoms with van der Waals surface area (Å²) in [6.45, 7) is 2.15. The number of primary amides is 1. The maximum absolute atomic E-state index is 13.1. The van der Waals surface area contributed by atoms with Crippen molar-refractivity contribution in [1.29, 1.82) is 0 Å². The molecular weight excluding hydrogens is 325 g/mol. The second-order valence-corrected chi connectivity index (χ2v) is 6.79. The molecule has 3 rings (SSSR count). The van der Waals surface area contributed by atoms with Crippen LogP contribution in [0, 0.1) is 11.7 Å². The third-order valence-corrected chi connectivity index (χ3v) is 4.73. The van der Waals surface area contributed by atoms with E-state index < -0.39 is 23.7 Å². The van der Waals surface area contributed by atoms with Crippen LogP contribution in [0.3, 0.4) is 0 Å². The lowest BCUT2D eigenvalue weighted by Crippen LogP contribution is -2.39. The number of rotatable bonds is 4. The second-order valence-electron chi connectivity index (χ2n) is 6.79. The number of nitrogens with two attached hydrogens (primary N) is 1. The molecule has 0 bridgehead atoms. The minimum Gasteiger partial charge on any atom is -0.458 e. The molecule has 2 N–H and O–H groups in total. The fraction of sp³-hybridized carbons (Fsp3) is 0.500. The summed E-state index contributed by atoms with van der Waals surface area (Å²) in [4.78, 5) is 24.2. The molecule has 1 heterocycles. The van der Waals surface area contributed by atoms with E-state index in [9.17, 15) is 14.0 Å². The molecule has 6 nitrogen and oxygen atoms in total. The number of carbonyl (C=O) groups excluding carboxylic acids is 2. The Morgan fingerprint density at radius 3 is 2.64 bits per heavy atom. The Balaban J connectivity index is 1.74. The highest BCUT2D eigenvalue weighted by atomic mass is 19.1. The highest BCUT2D eigenvalue weighted by Crippen LogP contribution is 2.28. The Bertz CT molecular complexity index is 689. The van der Waals surface area contributed by atoms with E-state index in [0.29, 0.717) is 11.6 Å². The topological polar surface area (TPSA) is 85.0 Å². The summed E-state index contributed by atoms with van der Waals surface area (Å²) < 4.78 is 18.7. The lowest BCUT2D eigenvalue weighted by atomic mass is 9.89. The number of esters is 1. The third-order valence-electron chi connectivity index (χ3n) is 4.73. The summed E-state index contributed by atoms with van der Waals surface area (Å²) in [5.74, 6) is -0.961. The van der Waals surface area contributed by atoms with Crippen LogP contribution in [0.2, 0.25) is 0 Å². The van der Waals surface area contributed by atoms with Crippen LogP contribution in [0.5, 0.6) is 0 Å². The third kappa shape index (κ3) is 3.97. The fourth-order valence-corrected chi connectivity index (χ4v) is 3.39. The van der Waals surface area contributed by atoms with Crippen molar-refractivity contribution in [3.05, 3.63) is 30.1 Å². The van der Waals surface area contributed by atoms with Gasteiger partial charge in [0, 0.05) is 6.42 Å². The summed E-state index contributed by atoms with van der Waals surface area (Å²) in [5.41, 5.74) is 6.11. The van der Waals surface area contributed by atoms with Crippen molar-refractivity contribution in [1.82, 2.24) is 0 Å². The first-order chi connectivity index (χ1) is 11.9. The second kappa shape index (κ2) is 7.21. The van der Waals surface area contributed by atoms with Crippen LogP contribution in [0.4, 0.5) is 10.1 Å². The Labute approximate surface area is 145 Å². The van der Waals surface area contributed by atoms with E-state index in [4.69, 9.17) is 10.5 Å². The maximum Gasteiger partial charge on any atom is 0.354 e. The average Bonchev–Trinajstić information content (AvgIpc) is 3.01. The van der Waals surface area contributed by atoms with E-state index in [1.165, 1.54) is 29.3 Å². The van der Waals surface area contributed by atoms with Gasteiger partial charge in [-0.3, -0.25) is 9.80 Å². The molecule has 0 aromatic heterocycles. The maximum atomic E-state index is 13.1. The van der Waals surface area contributed by atoms with E-state index >= 15 is 0 Å². The smallest absolute Gasteiger partial charge is 0.354 e. The van der Waals surface area contributed by atoms with E-state index in [1.807, 2.05) is 0 Å². The number of hydrazone groups is 1. The summed E-state index contributed by atoms with van der Waals surface area (Å²) in [5, 5.41) is 5.59. The van der Waals surface area contributed by atoms with Gasteiger partial charge in [-0.2, -0.15) is 5.10 Å². The van der Waals surface area contributed by atoms with E-state index in [-0.39, 0.29) is 18.2 Å². The molecule has 7 heteroatoms. The van der Waals surface area contributed by atoms with Crippen molar-refractivity contribution in [2.45, 2.75) is 51.2 Å². The molecule has 1 fully saturated rings. The number of nitrogens with zero attached hydrogens (tertiary/aromatic N) is 2. The number of amides is 1. The van der Waals surface area contributed by atoms with Gasteiger partial charge in [0.2, 0.25) is 5.91 Å². The van der Waals surface area contributed by atoms with Crippen LogP contribution in [0.25, 0.3) is 0 Å². The summed E-state index contributed by atoms with van der Waals surface area (Å²) in [7, 11) is 0. The first-order valence-electron chi connectivity index (χ1n) is 8.56. The molecule has 0 spiro atoms. The number of hydrogen-bond acceptors (Lipinski definition) is 5. The first kappa shape index (κ1) is 17.4. The van der Waals surface area contributed by atoms with Gasteiger partial charge in [0.15, 0.2) is 0 Å². The zero-order valence-corrected chi connectivity index (χ0v) is 14.2. The monoisotopic (exact) mass is 347 g/mol. The molecule has 1 aliphatic carbocycles. The van der Waals surface area contributed by atoms with Crippen LogP contribution in [-0.4, -0.2) is 29.7 Å². The molecule has 1 amide bonds. The molecule has 0 saturated heterocycles. The Hall–Kier alpha value is -2.44. The summed E-state index contributed by atoms with van der Waals surface area (Å²) in [6, 6.07) is 4.74. The highest BCUT2D eigenvalue weighted by molar-refractivity contribution is 6.38. The molecule has 134 valence electrons. The van der Waals surface area contributed by atoms with E-state index in [1.54, 1.807) is 0 Å². The molecule has 25 heavy (non-hydrogen) atoms. The molecular formula is C18H22FN3O3. The first-order valence-corrected chi connectivity index (χ1v) is 8.56. The predicted molar refractivity (Wildman–Crippen MR) is 91.4 cm³/mol. The molecule has 1 saturated carbocycles. The van der Waals surface area contributed by atoms with Crippen LogP contribution in [-0.2, 0) is 14.3 Å². The van der Waals surface area contributed by atoms with Crippen molar-refractivity contribution >= 4 is 23.3 Å². The normalized spacial score (nSPS) is 26.2. The number of halogens is 1. The molecule has 1 aromatic rings. The predicted octanol–water partition coefficient (Wildman–Crippen LogP) is 2.37. The lowest BCUT2D eigenvalue weighted by Gasteiger charge is -2.26. The van der Waals surface area contributed by atoms with Gasteiger partial charge in [-0.1, -0.05) is 13.3 Å². The number of anilines is 1. The van der Waals surface area contributed by atoms with Crippen LogP contribution in [0.15, 0.2) is 29.4 Å². The number of hydrogen-bond donors (Lipinski definition) is 1. The van der Waals surface area contributed by atoms with Gasteiger partial charge in [-0.05, 0) is 49.4 Å². The van der Waals surface area contributed by atoms with Gasteiger partial charge in [0.1, 0.15) is 23.7 Å². The van der Waals surface area contributed by atoms with Crippen molar-refractivity contribution in [3.8, 4) is 0 Å². The fourth-order valence-electron chi connectivity index (χ4n) is 3.39. The van der Waals surface area contributed by atoms with Crippen molar-refractivity contribution in [3.63, 3.8) is 0 Å². The van der Waals surface area contributed by atoms with Crippen molar-refractivity contribution in [2.24, 2.45) is 16.8 Å². The Morgan fingerprint density at radius 1 is 1.28 bits per heavy atom. The van der Waals surface area contributed by atoms with Gasteiger partial charge in [0.25, 0.3) is 0 Å². The number of carbonyl (C=O) groups is 2. The van der Waals surface area contributed by atoms with Crippen molar-refractivity contribution in [2.75, 3.05) is 5.01 Å². The lowest BCUT2D eigenvalue weighted by molar-refractivity contribution is -0.142. The van der Waals surface area contributed by atoms with Gasteiger partial charge in [-0.15, -0.1) is 0 Å². The van der Waals surface area contributed by atoms with Gasteiger partial charge in [0.05, 0.1) is 5.69 Å². The Morgan fingerprint density at radius 2 is 2.00 bits per heavy atom.